The van der Waals surface area contributed by atoms with Crippen LogP contribution in [-0.4, -0.2) is 49.1 Å². The lowest BCUT2D eigenvalue weighted by molar-refractivity contribution is -0.125. The fourth-order valence-corrected chi connectivity index (χ4v) is 4.20. The monoisotopic (exact) mass is 444 g/mol. The third-order valence-corrected chi connectivity index (χ3v) is 5.97. The molecule has 2 N–H and O–H groups in total. The van der Waals surface area contributed by atoms with Crippen LogP contribution in [0, 0.1) is 0 Å². The van der Waals surface area contributed by atoms with E-state index in [2.05, 4.69) is 10.6 Å². The number of hydrogen-bond donors (Lipinski definition) is 2. The molecule has 2 aliphatic carbocycles. The topological polar surface area (TPSA) is 111 Å². The van der Waals surface area contributed by atoms with Crippen LogP contribution < -0.4 is 10.6 Å². The van der Waals surface area contributed by atoms with Gasteiger partial charge in [-0.15, -0.1) is 0 Å². The zero-order valence-electron chi connectivity index (χ0n) is 18.4. The summed E-state index contributed by atoms with van der Waals surface area (Å²) in [7, 11) is 0. The molecule has 2 fully saturated rings. The van der Waals surface area contributed by atoms with E-state index in [0.29, 0.717) is 0 Å². The Balaban J connectivity index is 1.38. The number of ether oxygens (including phenoxy) is 2. The molecule has 8 heteroatoms. The molecule has 174 valence electrons. The molecule has 3 rings (SSSR count). The van der Waals surface area contributed by atoms with Crippen LogP contribution in [0.25, 0.3) is 0 Å². The summed E-state index contributed by atoms with van der Waals surface area (Å²) in [5.74, 6) is -1.90. The van der Waals surface area contributed by atoms with Crippen molar-refractivity contribution < 1.29 is 28.7 Å². The minimum Gasteiger partial charge on any atom is -0.452 e. The molecule has 32 heavy (non-hydrogen) atoms. The van der Waals surface area contributed by atoms with Crippen molar-refractivity contribution in [2.45, 2.75) is 76.3 Å². The van der Waals surface area contributed by atoms with Crippen molar-refractivity contribution >= 4 is 23.8 Å². The van der Waals surface area contributed by atoms with Crippen LogP contribution in [0.4, 0.5) is 0 Å². The van der Waals surface area contributed by atoms with Gasteiger partial charge in [0.15, 0.2) is 13.2 Å². The fraction of sp³-hybridized carbons (Fsp3) is 0.583. The first-order valence-electron chi connectivity index (χ1n) is 11.5. The van der Waals surface area contributed by atoms with E-state index < -0.39 is 11.9 Å². The fourth-order valence-electron chi connectivity index (χ4n) is 4.20. The number of carbonyl (C=O) groups excluding carboxylic acids is 4. The summed E-state index contributed by atoms with van der Waals surface area (Å²) in [6.07, 6.45) is 10.6. The first kappa shape index (κ1) is 23.8. The number of benzene rings is 1. The smallest absolute Gasteiger partial charge is 0.338 e. The molecular formula is C24H32N2O6. The number of rotatable bonds is 8. The summed E-state index contributed by atoms with van der Waals surface area (Å²) in [4.78, 5) is 48.2. The number of hydrogen-bond acceptors (Lipinski definition) is 6. The lowest BCUT2D eigenvalue weighted by Gasteiger charge is -2.22. The highest BCUT2D eigenvalue weighted by Crippen LogP contribution is 2.18. The van der Waals surface area contributed by atoms with Crippen LogP contribution in [0.3, 0.4) is 0 Å². The normalized spacial score (nSPS) is 17.2. The Labute approximate surface area is 188 Å². The second-order valence-corrected chi connectivity index (χ2v) is 8.53. The predicted octanol–water partition coefficient (Wildman–Crippen LogP) is 2.90. The molecule has 0 saturated heterocycles. The van der Waals surface area contributed by atoms with Gasteiger partial charge >= 0.3 is 11.9 Å². The Hall–Kier alpha value is -2.90. The lowest BCUT2D eigenvalue weighted by Crippen LogP contribution is -2.38. The highest BCUT2D eigenvalue weighted by molar-refractivity contribution is 5.95. The molecule has 0 atom stereocenters. The van der Waals surface area contributed by atoms with Gasteiger partial charge in [-0.1, -0.05) is 38.5 Å². The summed E-state index contributed by atoms with van der Waals surface area (Å²) in [5.41, 5.74) is 0.448. The molecule has 2 amide bonds. The van der Waals surface area contributed by atoms with Gasteiger partial charge in [-0.2, -0.15) is 0 Å². The van der Waals surface area contributed by atoms with Gasteiger partial charge in [0.05, 0.1) is 11.1 Å². The van der Waals surface area contributed by atoms with E-state index in [1.165, 1.54) is 37.1 Å². The highest BCUT2D eigenvalue weighted by Gasteiger charge is 2.19. The lowest BCUT2D eigenvalue weighted by atomic mass is 9.95. The highest BCUT2D eigenvalue weighted by atomic mass is 16.5. The van der Waals surface area contributed by atoms with Crippen LogP contribution in [0.2, 0.25) is 0 Å². The second-order valence-electron chi connectivity index (χ2n) is 8.53. The summed E-state index contributed by atoms with van der Waals surface area (Å²) in [5, 5.41) is 5.78. The quantitative estimate of drug-likeness (QED) is 0.597. The Morgan fingerprint density at radius 1 is 0.625 bits per heavy atom. The van der Waals surface area contributed by atoms with E-state index in [1.54, 1.807) is 0 Å². The van der Waals surface area contributed by atoms with E-state index in [1.807, 2.05) is 0 Å². The van der Waals surface area contributed by atoms with Crippen LogP contribution in [0.15, 0.2) is 24.3 Å². The summed E-state index contributed by atoms with van der Waals surface area (Å²) >= 11 is 0. The van der Waals surface area contributed by atoms with Crippen molar-refractivity contribution in [3.8, 4) is 0 Å². The standard InChI is InChI=1S/C24H32N2O6/c27-21(25-19-7-3-1-4-8-19)15-31-23(29)17-11-13-18(14-12-17)24(30)32-16-22(28)26-20-9-5-2-6-10-20/h11-14,19-20H,1-10,15-16H2,(H,25,27)(H,26,28). The van der Waals surface area contributed by atoms with E-state index in [-0.39, 0.29) is 48.2 Å². The SMILES string of the molecule is O=C(COC(=O)c1ccc(C(=O)OCC(=O)NC2CCCCC2)cc1)NC1CCCCC1. The zero-order chi connectivity index (χ0) is 22.8. The Morgan fingerprint density at radius 3 is 1.31 bits per heavy atom. The van der Waals surface area contributed by atoms with Crippen molar-refractivity contribution in [1.29, 1.82) is 0 Å². The Morgan fingerprint density at radius 2 is 0.969 bits per heavy atom. The third-order valence-electron chi connectivity index (χ3n) is 5.97. The maximum atomic E-state index is 12.2. The average molecular weight is 445 g/mol. The maximum absolute atomic E-state index is 12.2. The van der Waals surface area contributed by atoms with Crippen molar-refractivity contribution in [2.24, 2.45) is 0 Å². The first-order chi connectivity index (χ1) is 15.5. The molecule has 0 heterocycles. The van der Waals surface area contributed by atoms with Gasteiger partial charge in [-0.3, -0.25) is 9.59 Å². The predicted molar refractivity (Wildman–Crippen MR) is 117 cm³/mol. The third kappa shape index (κ3) is 7.66. The Kier molecular flexibility index (Phi) is 9.07. The minimum atomic E-state index is -0.643. The van der Waals surface area contributed by atoms with Gasteiger partial charge in [0.1, 0.15) is 0 Å². The average Bonchev–Trinajstić information content (AvgIpc) is 2.82. The zero-order valence-corrected chi connectivity index (χ0v) is 18.4. The summed E-state index contributed by atoms with van der Waals surface area (Å²) < 4.78 is 10.1. The van der Waals surface area contributed by atoms with Gasteiger partial charge in [0.25, 0.3) is 11.8 Å². The van der Waals surface area contributed by atoms with Crippen molar-refractivity contribution in [1.82, 2.24) is 10.6 Å². The number of amides is 2. The van der Waals surface area contributed by atoms with Crippen LogP contribution >= 0.6 is 0 Å². The number of esters is 2. The summed E-state index contributed by atoms with van der Waals surface area (Å²) in [6, 6.07) is 6.04. The molecule has 1 aromatic carbocycles. The second kappa shape index (κ2) is 12.2. The van der Waals surface area contributed by atoms with Crippen LogP contribution in [-0.2, 0) is 19.1 Å². The van der Waals surface area contributed by atoms with Crippen LogP contribution in [0.5, 0.6) is 0 Å². The first-order valence-corrected chi connectivity index (χ1v) is 11.5. The van der Waals surface area contributed by atoms with E-state index in [4.69, 9.17) is 9.47 Å². The molecular weight excluding hydrogens is 412 g/mol. The van der Waals surface area contributed by atoms with Crippen molar-refractivity contribution in [2.75, 3.05) is 13.2 Å². The molecule has 0 unspecified atom stereocenters. The van der Waals surface area contributed by atoms with E-state index in [9.17, 15) is 19.2 Å². The van der Waals surface area contributed by atoms with Crippen molar-refractivity contribution in [3.63, 3.8) is 0 Å². The number of nitrogens with one attached hydrogen (secondary N) is 2. The van der Waals surface area contributed by atoms with Gasteiger partial charge in [0, 0.05) is 12.1 Å². The van der Waals surface area contributed by atoms with Gasteiger partial charge < -0.3 is 20.1 Å². The molecule has 0 aromatic heterocycles. The minimum absolute atomic E-state index is 0.157. The van der Waals surface area contributed by atoms with E-state index >= 15 is 0 Å². The molecule has 0 bridgehead atoms. The largest absolute Gasteiger partial charge is 0.452 e. The molecule has 2 saturated carbocycles. The Bertz CT molecular complexity index is 728. The van der Waals surface area contributed by atoms with Gasteiger partial charge in [-0.25, -0.2) is 9.59 Å². The molecule has 0 spiro atoms. The van der Waals surface area contributed by atoms with Crippen LogP contribution in [0.1, 0.15) is 84.9 Å². The molecule has 1 aromatic rings. The summed E-state index contributed by atoms with van der Waals surface area (Å²) in [6.45, 7) is -0.676. The maximum Gasteiger partial charge on any atom is 0.338 e. The molecule has 8 nitrogen and oxygen atoms in total. The van der Waals surface area contributed by atoms with Gasteiger partial charge in [0.2, 0.25) is 0 Å². The van der Waals surface area contributed by atoms with E-state index in [0.717, 1.165) is 51.4 Å². The van der Waals surface area contributed by atoms with Gasteiger partial charge in [-0.05, 0) is 49.9 Å². The molecule has 0 radical (unpaired) electrons. The molecule has 0 aliphatic heterocycles. The number of carbonyl (C=O) groups is 4. The van der Waals surface area contributed by atoms with Crippen molar-refractivity contribution in [3.05, 3.63) is 35.4 Å². The molecule has 2 aliphatic rings.